The molecule has 1 aromatic carbocycles. The van der Waals surface area contributed by atoms with Gasteiger partial charge in [-0.15, -0.1) is 0 Å². The molecule has 4 aromatic rings. The first-order chi connectivity index (χ1) is 19.3. The van der Waals surface area contributed by atoms with Gasteiger partial charge in [0.1, 0.15) is 6.54 Å². The molecule has 1 fully saturated rings. The summed E-state index contributed by atoms with van der Waals surface area (Å²) in [4.78, 5) is 24.0. The van der Waals surface area contributed by atoms with Crippen molar-refractivity contribution in [2.24, 2.45) is 5.73 Å². The van der Waals surface area contributed by atoms with Crippen molar-refractivity contribution in [2.75, 3.05) is 39.3 Å². The van der Waals surface area contributed by atoms with Gasteiger partial charge in [0.05, 0.1) is 11.2 Å². The Morgan fingerprint density at radius 3 is 2.64 bits per heavy atom. The van der Waals surface area contributed by atoms with Crippen LogP contribution in [0.3, 0.4) is 0 Å². The second-order valence-corrected chi connectivity index (χ2v) is 10.4. The summed E-state index contributed by atoms with van der Waals surface area (Å²) in [5, 5.41) is 9.11. The number of carbonyl (C=O) groups is 1. The SMILES string of the molecule is NCCCCNCc1nccc2c3ccccc3n(CC(=O)N3CCNCC3)c12.c1cnc2c(c1)CCCC2. The highest BCUT2D eigenvalue weighted by molar-refractivity contribution is 6.09. The van der Waals surface area contributed by atoms with Crippen molar-refractivity contribution < 1.29 is 4.79 Å². The number of nitrogens with zero attached hydrogens (tertiary/aromatic N) is 4. The molecule has 0 radical (unpaired) electrons. The fourth-order valence-corrected chi connectivity index (χ4v) is 5.65. The van der Waals surface area contributed by atoms with E-state index in [2.05, 4.69) is 55.5 Å². The summed E-state index contributed by atoms with van der Waals surface area (Å²) in [5.41, 5.74) is 11.5. The van der Waals surface area contributed by atoms with E-state index in [0.29, 0.717) is 13.1 Å². The minimum atomic E-state index is 0.167. The molecule has 8 nitrogen and oxygen atoms in total. The Bertz CT molecular complexity index is 1350. The summed E-state index contributed by atoms with van der Waals surface area (Å²) in [6.07, 6.45) is 10.9. The molecule has 4 heterocycles. The molecule has 1 aliphatic heterocycles. The highest BCUT2D eigenvalue weighted by atomic mass is 16.2. The summed E-state index contributed by atoms with van der Waals surface area (Å²) in [6.45, 7) is 5.91. The maximum Gasteiger partial charge on any atom is 0.242 e. The molecule has 4 N–H and O–H groups in total. The Kier molecular flexibility index (Phi) is 9.53. The van der Waals surface area contributed by atoms with Gasteiger partial charge in [-0.3, -0.25) is 14.8 Å². The molecule has 0 spiro atoms. The third-order valence-corrected chi connectivity index (χ3v) is 7.71. The number of nitrogens with one attached hydrogen (secondary N) is 2. The van der Waals surface area contributed by atoms with Crippen LogP contribution < -0.4 is 16.4 Å². The fraction of sp³-hybridized carbons (Fsp3) is 0.452. The number of hydrogen-bond donors (Lipinski definition) is 3. The average molecular weight is 528 g/mol. The monoisotopic (exact) mass is 527 g/mol. The normalized spacial score (nSPS) is 15.2. The van der Waals surface area contributed by atoms with E-state index in [4.69, 9.17) is 5.73 Å². The van der Waals surface area contributed by atoms with Gasteiger partial charge in [0, 0.05) is 67.1 Å². The third kappa shape index (κ3) is 6.64. The van der Waals surface area contributed by atoms with E-state index in [1.165, 1.54) is 42.3 Å². The van der Waals surface area contributed by atoms with Gasteiger partial charge in [-0.25, -0.2) is 0 Å². The lowest BCUT2D eigenvalue weighted by molar-refractivity contribution is -0.132. The zero-order chi connectivity index (χ0) is 26.9. The van der Waals surface area contributed by atoms with E-state index in [9.17, 15) is 4.79 Å². The summed E-state index contributed by atoms with van der Waals surface area (Å²) < 4.78 is 2.15. The van der Waals surface area contributed by atoms with Gasteiger partial charge in [-0.1, -0.05) is 24.3 Å². The first-order valence-corrected chi connectivity index (χ1v) is 14.4. The largest absolute Gasteiger partial charge is 0.339 e. The van der Waals surface area contributed by atoms with E-state index in [0.717, 1.165) is 74.2 Å². The number of piperazine rings is 1. The van der Waals surface area contributed by atoms with Crippen molar-refractivity contribution >= 4 is 27.7 Å². The first-order valence-electron chi connectivity index (χ1n) is 14.4. The summed E-state index contributed by atoms with van der Waals surface area (Å²) in [6, 6.07) is 14.6. The van der Waals surface area contributed by atoms with Crippen molar-refractivity contribution in [3.8, 4) is 0 Å². The smallest absolute Gasteiger partial charge is 0.242 e. The highest BCUT2D eigenvalue weighted by Gasteiger charge is 2.21. The molecule has 6 rings (SSSR count). The van der Waals surface area contributed by atoms with Crippen LogP contribution in [0.5, 0.6) is 0 Å². The molecule has 0 atom stereocenters. The predicted octanol–water partition coefficient (Wildman–Crippen LogP) is 3.41. The van der Waals surface area contributed by atoms with Crippen molar-refractivity contribution in [1.82, 2.24) is 30.1 Å². The van der Waals surface area contributed by atoms with Crippen LogP contribution in [-0.4, -0.2) is 64.6 Å². The van der Waals surface area contributed by atoms with Crippen molar-refractivity contribution in [3.05, 3.63) is 71.8 Å². The number of aromatic nitrogens is 3. The van der Waals surface area contributed by atoms with E-state index in [1.807, 2.05) is 29.4 Å². The zero-order valence-electron chi connectivity index (χ0n) is 22.9. The van der Waals surface area contributed by atoms with Crippen molar-refractivity contribution in [3.63, 3.8) is 0 Å². The van der Waals surface area contributed by atoms with Crippen molar-refractivity contribution in [2.45, 2.75) is 51.6 Å². The minimum Gasteiger partial charge on any atom is -0.339 e. The van der Waals surface area contributed by atoms with Crippen molar-refractivity contribution in [1.29, 1.82) is 0 Å². The maximum absolute atomic E-state index is 13.0. The average Bonchev–Trinajstić information content (AvgIpc) is 3.32. The van der Waals surface area contributed by atoms with Crippen LogP contribution in [0.2, 0.25) is 0 Å². The lowest BCUT2D eigenvalue weighted by Gasteiger charge is -2.28. The molecule has 206 valence electrons. The maximum atomic E-state index is 13.0. The quantitative estimate of drug-likeness (QED) is 0.304. The van der Waals surface area contributed by atoms with Gasteiger partial charge in [-0.2, -0.15) is 0 Å². The van der Waals surface area contributed by atoms with Crippen LogP contribution in [0.4, 0.5) is 0 Å². The molecule has 0 unspecified atom stereocenters. The van der Waals surface area contributed by atoms with Gasteiger partial charge in [0.25, 0.3) is 0 Å². The van der Waals surface area contributed by atoms with Crippen LogP contribution >= 0.6 is 0 Å². The van der Waals surface area contributed by atoms with Gasteiger partial charge >= 0.3 is 0 Å². The van der Waals surface area contributed by atoms with E-state index >= 15 is 0 Å². The number of carbonyl (C=O) groups excluding carboxylic acids is 1. The Labute approximate surface area is 231 Å². The number of pyridine rings is 2. The number of unbranched alkanes of at least 4 members (excludes halogenated alkanes) is 1. The number of hydrogen-bond acceptors (Lipinski definition) is 6. The molecule has 1 saturated heterocycles. The van der Waals surface area contributed by atoms with Gasteiger partial charge in [-0.05, 0) is 75.4 Å². The standard InChI is InChI=1S/C22H30N6O.C9H11N/c23-8-3-4-9-25-15-19-22-18(7-10-26-19)17-5-1-2-6-20(17)28(22)16-21(29)27-13-11-24-12-14-27;1-2-6-9-8(4-1)5-3-7-10-9/h1-2,5-7,10,24-25H,3-4,8-9,11-16,23H2;3,5,7H,1-2,4,6H2. The van der Waals surface area contributed by atoms with Gasteiger partial charge in [0.15, 0.2) is 0 Å². The fourth-order valence-electron chi connectivity index (χ4n) is 5.65. The number of rotatable bonds is 8. The summed E-state index contributed by atoms with van der Waals surface area (Å²) >= 11 is 0. The number of para-hydroxylation sites is 1. The summed E-state index contributed by atoms with van der Waals surface area (Å²) in [7, 11) is 0. The predicted molar refractivity (Wildman–Crippen MR) is 158 cm³/mol. The van der Waals surface area contributed by atoms with Crippen LogP contribution in [0.25, 0.3) is 21.8 Å². The molecule has 0 saturated carbocycles. The van der Waals surface area contributed by atoms with Crippen LogP contribution in [0.15, 0.2) is 54.9 Å². The second-order valence-electron chi connectivity index (χ2n) is 10.4. The van der Waals surface area contributed by atoms with Crippen LogP contribution in [-0.2, 0) is 30.7 Å². The molecular formula is C31H41N7O. The highest BCUT2D eigenvalue weighted by Crippen LogP contribution is 2.30. The molecule has 3 aromatic heterocycles. The molecule has 0 bridgehead atoms. The number of fused-ring (bicyclic) bond motifs is 4. The van der Waals surface area contributed by atoms with Gasteiger partial charge < -0.3 is 25.8 Å². The second kappa shape index (κ2) is 13.6. The number of amides is 1. The lowest BCUT2D eigenvalue weighted by atomic mass is 9.96. The Hall–Kier alpha value is -3.33. The van der Waals surface area contributed by atoms with E-state index < -0.39 is 0 Å². The number of nitrogens with two attached hydrogens (primary N) is 1. The molecule has 1 aliphatic carbocycles. The Morgan fingerprint density at radius 2 is 1.79 bits per heavy atom. The van der Waals surface area contributed by atoms with E-state index in [-0.39, 0.29) is 5.91 Å². The zero-order valence-corrected chi connectivity index (χ0v) is 22.9. The topological polar surface area (TPSA) is 101 Å². The number of aryl methyl sites for hydroxylation is 2. The first kappa shape index (κ1) is 27.2. The van der Waals surface area contributed by atoms with Crippen LogP contribution in [0.1, 0.15) is 42.6 Å². The Morgan fingerprint density at radius 1 is 0.949 bits per heavy atom. The third-order valence-electron chi connectivity index (χ3n) is 7.71. The molecular weight excluding hydrogens is 486 g/mol. The summed E-state index contributed by atoms with van der Waals surface area (Å²) in [5.74, 6) is 0.167. The van der Waals surface area contributed by atoms with Crippen LogP contribution in [0, 0.1) is 0 Å². The molecule has 2 aliphatic rings. The Balaban J connectivity index is 0.000000257. The minimum absolute atomic E-state index is 0.167. The molecule has 1 amide bonds. The lowest BCUT2D eigenvalue weighted by Crippen LogP contribution is -2.47. The van der Waals surface area contributed by atoms with E-state index in [1.54, 1.807) is 0 Å². The number of benzene rings is 1. The molecule has 8 heteroatoms. The van der Waals surface area contributed by atoms with Gasteiger partial charge in [0.2, 0.25) is 5.91 Å². The molecule has 39 heavy (non-hydrogen) atoms.